The SMILES string of the molecule is Cc1nn(Cc2c(C(N)=O)cccc2C2CC2)c2nc(C(F)(F)c3nnn[n-]3)ccc12. The van der Waals surface area contributed by atoms with Crippen LogP contribution in [0.3, 0.4) is 0 Å². The molecule has 0 bridgehead atoms. The number of nitrogens with zero attached hydrogens (tertiary/aromatic N) is 7. The summed E-state index contributed by atoms with van der Waals surface area (Å²) in [6.45, 7) is 1.96. The number of alkyl halides is 2. The summed E-state index contributed by atoms with van der Waals surface area (Å²) in [5, 5.41) is 17.9. The number of rotatable bonds is 6. The van der Waals surface area contributed by atoms with Crippen molar-refractivity contribution in [2.24, 2.45) is 5.73 Å². The van der Waals surface area contributed by atoms with Crippen molar-refractivity contribution in [3.63, 3.8) is 0 Å². The lowest BCUT2D eigenvalue weighted by Gasteiger charge is -2.16. The minimum Gasteiger partial charge on any atom is -0.366 e. The van der Waals surface area contributed by atoms with E-state index in [1.165, 1.54) is 16.8 Å². The number of aryl methyl sites for hydroxylation is 1. The molecule has 0 aliphatic heterocycles. The molecule has 5 rings (SSSR count). The van der Waals surface area contributed by atoms with E-state index in [0.717, 1.165) is 24.0 Å². The molecule has 9 nitrogen and oxygen atoms in total. The molecule has 0 saturated heterocycles. The maximum absolute atomic E-state index is 14.8. The molecule has 3 heterocycles. The molecule has 1 aliphatic rings. The van der Waals surface area contributed by atoms with Gasteiger partial charge < -0.3 is 10.8 Å². The number of tetrazole rings is 1. The molecule has 0 unspecified atom stereocenters. The normalized spacial score (nSPS) is 14.3. The van der Waals surface area contributed by atoms with Gasteiger partial charge in [0.1, 0.15) is 5.69 Å². The average molecular weight is 423 g/mol. The van der Waals surface area contributed by atoms with E-state index in [4.69, 9.17) is 5.73 Å². The van der Waals surface area contributed by atoms with Gasteiger partial charge in [0.25, 0.3) is 0 Å². The zero-order valence-electron chi connectivity index (χ0n) is 16.5. The lowest BCUT2D eigenvalue weighted by molar-refractivity contribution is 0.0279. The Kier molecular flexibility index (Phi) is 4.27. The predicted molar refractivity (Wildman–Crippen MR) is 104 cm³/mol. The first-order chi connectivity index (χ1) is 14.9. The third-order valence-electron chi connectivity index (χ3n) is 5.50. The number of nitrogens with two attached hydrogens (primary N) is 1. The van der Waals surface area contributed by atoms with Crippen LogP contribution >= 0.6 is 0 Å². The molecule has 1 amide bonds. The fraction of sp³-hybridized carbons (Fsp3) is 0.300. The van der Waals surface area contributed by atoms with Crippen LogP contribution in [0, 0.1) is 6.92 Å². The highest BCUT2D eigenvalue weighted by Crippen LogP contribution is 2.42. The molecule has 1 saturated carbocycles. The lowest BCUT2D eigenvalue weighted by Crippen LogP contribution is -2.20. The molecule has 3 aromatic heterocycles. The smallest absolute Gasteiger partial charge is 0.321 e. The van der Waals surface area contributed by atoms with E-state index in [9.17, 15) is 13.6 Å². The summed E-state index contributed by atoms with van der Waals surface area (Å²) >= 11 is 0. The first kappa shape index (κ1) is 19.2. The van der Waals surface area contributed by atoms with E-state index in [0.29, 0.717) is 22.6 Å². The molecule has 0 radical (unpaired) electrons. The van der Waals surface area contributed by atoms with Crippen LogP contribution in [0.25, 0.3) is 11.0 Å². The van der Waals surface area contributed by atoms with Crippen molar-refractivity contribution in [3.05, 3.63) is 64.2 Å². The zero-order chi connectivity index (χ0) is 21.8. The topological polar surface area (TPSA) is 127 Å². The molecule has 1 aromatic carbocycles. The monoisotopic (exact) mass is 423 g/mol. The molecule has 4 aromatic rings. The number of hydrogen-bond donors (Lipinski definition) is 1. The summed E-state index contributed by atoms with van der Waals surface area (Å²) in [7, 11) is 0. The Morgan fingerprint density at radius 2 is 2.10 bits per heavy atom. The van der Waals surface area contributed by atoms with Crippen LogP contribution in [-0.2, 0) is 12.5 Å². The van der Waals surface area contributed by atoms with Crippen LogP contribution in [0.5, 0.6) is 0 Å². The van der Waals surface area contributed by atoms with Crippen molar-refractivity contribution < 1.29 is 13.6 Å². The Morgan fingerprint density at radius 3 is 2.77 bits per heavy atom. The number of primary amides is 1. The summed E-state index contributed by atoms with van der Waals surface area (Å²) in [6.07, 6.45) is 2.06. The van der Waals surface area contributed by atoms with E-state index in [2.05, 4.69) is 30.7 Å². The zero-order valence-corrected chi connectivity index (χ0v) is 16.5. The Hall–Kier alpha value is -3.76. The summed E-state index contributed by atoms with van der Waals surface area (Å²) < 4.78 is 31.1. The van der Waals surface area contributed by atoms with Crippen LogP contribution < -0.4 is 10.8 Å². The van der Waals surface area contributed by atoms with Crippen molar-refractivity contribution in [1.29, 1.82) is 0 Å². The van der Waals surface area contributed by atoms with Gasteiger partial charge in [-0.2, -0.15) is 19.1 Å². The summed E-state index contributed by atoms with van der Waals surface area (Å²) in [4.78, 5) is 16.2. The fourth-order valence-electron chi connectivity index (χ4n) is 3.82. The number of fused-ring (bicyclic) bond motifs is 1. The Bertz CT molecular complexity index is 1290. The van der Waals surface area contributed by atoms with Crippen LogP contribution in [0.4, 0.5) is 8.78 Å². The second-order valence-corrected chi connectivity index (χ2v) is 7.60. The number of amides is 1. The van der Waals surface area contributed by atoms with E-state index < -0.39 is 23.3 Å². The van der Waals surface area contributed by atoms with Gasteiger partial charge in [0.05, 0.1) is 18.1 Å². The molecular formula is C20H17F2N8O-. The van der Waals surface area contributed by atoms with E-state index >= 15 is 0 Å². The summed E-state index contributed by atoms with van der Waals surface area (Å²) in [5.74, 6) is -4.57. The number of aromatic nitrogens is 7. The van der Waals surface area contributed by atoms with Crippen molar-refractivity contribution in [1.82, 2.24) is 35.4 Å². The number of pyridine rings is 1. The van der Waals surface area contributed by atoms with Gasteiger partial charge in [0.2, 0.25) is 5.91 Å². The van der Waals surface area contributed by atoms with Crippen LogP contribution in [-0.4, -0.2) is 36.2 Å². The van der Waals surface area contributed by atoms with E-state index in [1.54, 1.807) is 13.0 Å². The maximum Gasteiger partial charge on any atom is 0.321 e. The minimum absolute atomic E-state index is 0.188. The summed E-state index contributed by atoms with van der Waals surface area (Å²) in [5.41, 5.74) is 8.13. The van der Waals surface area contributed by atoms with Crippen molar-refractivity contribution >= 4 is 16.9 Å². The van der Waals surface area contributed by atoms with Gasteiger partial charge in [0, 0.05) is 10.9 Å². The molecule has 2 N–H and O–H groups in total. The van der Waals surface area contributed by atoms with Crippen molar-refractivity contribution in [3.8, 4) is 0 Å². The van der Waals surface area contributed by atoms with E-state index in [1.807, 2.05) is 12.1 Å². The Morgan fingerprint density at radius 1 is 1.29 bits per heavy atom. The summed E-state index contributed by atoms with van der Waals surface area (Å²) in [6, 6.07) is 8.20. The highest BCUT2D eigenvalue weighted by molar-refractivity contribution is 5.94. The molecule has 1 aliphatic carbocycles. The molecule has 158 valence electrons. The Labute approximate surface area is 174 Å². The van der Waals surface area contributed by atoms with E-state index in [-0.39, 0.29) is 12.2 Å². The first-order valence-corrected chi connectivity index (χ1v) is 9.69. The van der Waals surface area contributed by atoms with Gasteiger partial charge in [-0.25, -0.2) is 9.67 Å². The molecule has 31 heavy (non-hydrogen) atoms. The first-order valence-electron chi connectivity index (χ1n) is 9.69. The van der Waals surface area contributed by atoms with Gasteiger partial charge >= 0.3 is 5.92 Å². The van der Waals surface area contributed by atoms with Gasteiger partial charge in [0.15, 0.2) is 5.65 Å². The van der Waals surface area contributed by atoms with Gasteiger partial charge in [-0.1, -0.05) is 12.1 Å². The number of carbonyl (C=O) groups excluding carboxylic acids is 1. The molecule has 11 heteroatoms. The number of carbonyl (C=O) groups is 1. The number of benzene rings is 1. The molecule has 1 fully saturated rings. The van der Waals surface area contributed by atoms with Crippen molar-refractivity contribution in [2.45, 2.75) is 38.2 Å². The van der Waals surface area contributed by atoms with Crippen LogP contribution in [0.1, 0.15) is 57.5 Å². The standard InChI is InChI=1S/C20H18F2N8O/c1-10-12-7-8-16(20(21,22)19-25-28-29-26-19)24-18(12)30(27-10)9-15-13(11-5-6-11)3-2-4-14(15)17(23)31/h2-4,7-8,11H,5-6,9H2,1H3,(H3,23,25,26,28,29,31)/p-1. The molecule has 0 spiro atoms. The molecular weight excluding hydrogens is 406 g/mol. The maximum atomic E-state index is 14.8. The second kappa shape index (κ2) is 6.89. The van der Waals surface area contributed by atoms with Gasteiger partial charge in [-0.15, -0.1) is 0 Å². The van der Waals surface area contributed by atoms with Crippen molar-refractivity contribution in [2.75, 3.05) is 0 Å². The minimum atomic E-state index is -3.56. The van der Waals surface area contributed by atoms with Crippen LogP contribution in [0.2, 0.25) is 0 Å². The Balaban J connectivity index is 1.63. The molecule has 0 atom stereocenters. The largest absolute Gasteiger partial charge is 0.366 e. The quantitative estimate of drug-likeness (QED) is 0.503. The third kappa shape index (κ3) is 3.22. The second-order valence-electron chi connectivity index (χ2n) is 7.60. The number of halogens is 2. The number of hydrogen-bond acceptors (Lipinski definition) is 6. The highest BCUT2D eigenvalue weighted by Gasteiger charge is 2.36. The van der Waals surface area contributed by atoms with Gasteiger partial charge in [-0.3, -0.25) is 15.1 Å². The third-order valence-corrected chi connectivity index (χ3v) is 5.50. The lowest BCUT2D eigenvalue weighted by atomic mass is 9.97. The van der Waals surface area contributed by atoms with Crippen LogP contribution in [0.15, 0.2) is 30.3 Å². The fourth-order valence-corrected chi connectivity index (χ4v) is 3.82. The average Bonchev–Trinajstić information content (AvgIpc) is 3.33. The highest BCUT2D eigenvalue weighted by atomic mass is 19.3. The predicted octanol–water partition coefficient (Wildman–Crippen LogP) is 2.05. The van der Waals surface area contributed by atoms with Gasteiger partial charge in [-0.05, 0) is 55.0 Å².